The van der Waals surface area contributed by atoms with Crippen molar-refractivity contribution in [2.45, 2.75) is 44.9 Å². The Morgan fingerprint density at radius 1 is 1.13 bits per heavy atom. The summed E-state index contributed by atoms with van der Waals surface area (Å²) in [7, 11) is 1.29. The monoisotopic (exact) mass is 685 g/mol. The Hall–Kier alpha value is -4.90. The number of aromatic amines is 1. The van der Waals surface area contributed by atoms with Crippen molar-refractivity contribution in [3.8, 4) is 16.9 Å². The number of H-pyrrole nitrogens is 1. The third kappa shape index (κ3) is 10.3. The Kier molecular flexibility index (Phi) is 12.7. The number of amides is 3. The van der Waals surface area contributed by atoms with Crippen LogP contribution in [-0.2, 0) is 16.1 Å². The van der Waals surface area contributed by atoms with Crippen LogP contribution in [0.25, 0.3) is 16.9 Å². The van der Waals surface area contributed by atoms with Crippen LogP contribution in [0.4, 0.5) is 28.4 Å². The van der Waals surface area contributed by atoms with Crippen molar-refractivity contribution in [2.75, 3.05) is 12.4 Å². The van der Waals surface area contributed by atoms with Crippen molar-refractivity contribution in [2.24, 2.45) is 0 Å². The number of ether oxygens (including phenoxy) is 1. The third-order valence-corrected chi connectivity index (χ3v) is 6.58. The summed E-state index contributed by atoms with van der Waals surface area (Å²) in [5.41, 5.74) is 3.28. The predicted molar refractivity (Wildman–Crippen MR) is 161 cm³/mol. The second-order valence-corrected chi connectivity index (χ2v) is 10.1. The van der Waals surface area contributed by atoms with E-state index in [-0.39, 0.29) is 12.6 Å². The molecule has 0 saturated carbocycles. The molecule has 0 saturated heterocycles. The first-order chi connectivity index (χ1) is 21.8. The van der Waals surface area contributed by atoms with Crippen molar-refractivity contribution < 1.29 is 37.4 Å². The summed E-state index contributed by atoms with van der Waals surface area (Å²) >= 11 is 12.7. The van der Waals surface area contributed by atoms with Gasteiger partial charge in [-0.2, -0.15) is 13.2 Å². The molecule has 2 aromatic carbocycles. The second-order valence-electron chi connectivity index (χ2n) is 9.33. The molecule has 0 bridgehead atoms. The molecule has 0 fully saturated rings. The van der Waals surface area contributed by atoms with Crippen molar-refractivity contribution in [3.63, 3.8) is 0 Å². The van der Waals surface area contributed by atoms with Gasteiger partial charge in [-0.25, -0.2) is 24.0 Å². The first-order valence-electron chi connectivity index (χ1n) is 13.4. The molecule has 0 aliphatic carbocycles. The number of alkyl halides is 3. The highest BCUT2D eigenvalue weighted by molar-refractivity contribution is 6.32. The van der Waals surface area contributed by atoms with Gasteiger partial charge in [-0.15, -0.1) is 5.10 Å². The van der Waals surface area contributed by atoms with Crippen molar-refractivity contribution in [3.05, 3.63) is 70.4 Å². The zero-order valence-electron chi connectivity index (χ0n) is 24.2. The topological polar surface area (TPSA) is 189 Å². The number of hydrogen-bond donors (Lipinski definition) is 5. The maximum Gasteiger partial charge on any atom is 0.490 e. The standard InChI is InChI=1S/C25H27Cl2N9O3.C2HF3O2/c1-3-4-5-19(23-32-21(22(27)33-23)15-6-9-18(10-7-15)30-25(38)39-2)31-24(37)28-13-16-12-17(26)8-11-20(16)36-14-29-34-35-36;3-2(4,5)1(6)7/h6-12,14,19H,3-5,13H2,1-2H3,(H,30,38)(H,32,33)(H2,28,31,37);(H,6,7)/t19-;/m0./s1. The van der Waals surface area contributed by atoms with Crippen LogP contribution in [0.1, 0.15) is 43.6 Å². The van der Waals surface area contributed by atoms with Gasteiger partial charge in [0.05, 0.1) is 18.8 Å². The molecule has 5 N–H and O–H groups in total. The summed E-state index contributed by atoms with van der Waals surface area (Å²) in [6.45, 7) is 2.26. The van der Waals surface area contributed by atoms with E-state index in [0.29, 0.717) is 39.5 Å². The number of halogens is 5. The van der Waals surface area contributed by atoms with Gasteiger partial charge in [0.1, 0.15) is 23.0 Å². The van der Waals surface area contributed by atoms with E-state index in [1.54, 1.807) is 42.5 Å². The van der Waals surface area contributed by atoms with Crippen LogP contribution in [0.5, 0.6) is 0 Å². The summed E-state index contributed by atoms with van der Waals surface area (Å²) in [4.78, 5) is 41.0. The number of methoxy groups -OCH3 is 1. The number of carboxylic acids is 1. The summed E-state index contributed by atoms with van der Waals surface area (Å²) < 4.78 is 37.8. The van der Waals surface area contributed by atoms with Crippen molar-refractivity contribution in [1.29, 1.82) is 0 Å². The number of benzene rings is 2. The van der Waals surface area contributed by atoms with Gasteiger partial charge in [-0.05, 0) is 52.7 Å². The first kappa shape index (κ1) is 35.6. The van der Waals surface area contributed by atoms with Crippen LogP contribution in [-0.4, -0.2) is 66.7 Å². The van der Waals surface area contributed by atoms with E-state index >= 15 is 0 Å². The highest BCUT2D eigenvalue weighted by atomic mass is 35.5. The Balaban J connectivity index is 0.000000738. The number of nitrogens with one attached hydrogen (secondary N) is 4. The number of urea groups is 1. The molecule has 0 unspecified atom stereocenters. The van der Waals surface area contributed by atoms with Crippen LogP contribution in [0.2, 0.25) is 10.2 Å². The lowest BCUT2D eigenvalue weighted by atomic mass is 10.1. The minimum absolute atomic E-state index is 0.193. The predicted octanol–water partition coefficient (Wildman–Crippen LogP) is 5.90. The number of tetrazole rings is 1. The van der Waals surface area contributed by atoms with Crippen LogP contribution in [0, 0.1) is 0 Å². The molecule has 14 nitrogen and oxygen atoms in total. The fourth-order valence-corrected chi connectivity index (χ4v) is 4.31. The molecule has 46 heavy (non-hydrogen) atoms. The fourth-order valence-electron chi connectivity index (χ4n) is 3.87. The minimum Gasteiger partial charge on any atom is -0.475 e. The van der Waals surface area contributed by atoms with E-state index in [1.165, 1.54) is 18.1 Å². The normalized spacial score (nSPS) is 11.5. The second kappa shape index (κ2) is 16.4. The number of anilines is 1. The molecule has 0 radical (unpaired) electrons. The summed E-state index contributed by atoms with van der Waals surface area (Å²) in [5, 5.41) is 27.7. The number of nitrogens with zero attached hydrogens (tertiary/aromatic N) is 5. The molecule has 19 heteroatoms. The molecule has 2 aromatic heterocycles. The highest BCUT2D eigenvalue weighted by Crippen LogP contribution is 2.30. The number of aliphatic carboxylic acids is 1. The maximum atomic E-state index is 12.9. The number of aromatic nitrogens is 6. The largest absolute Gasteiger partial charge is 0.490 e. The lowest BCUT2D eigenvalue weighted by Crippen LogP contribution is -2.38. The number of unbranched alkanes of at least 4 members (excludes halogenated alkanes) is 1. The number of hydrogen-bond acceptors (Lipinski definition) is 8. The number of imidazole rings is 1. The van der Waals surface area contributed by atoms with Gasteiger partial charge in [0.15, 0.2) is 0 Å². The molecule has 4 aromatic rings. The molecule has 0 aliphatic rings. The van der Waals surface area contributed by atoms with E-state index < -0.39 is 24.3 Å². The zero-order valence-corrected chi connectivity index (χ0v) is 25.7. The number of carbonyl (C=O) groups is 3. The van der Waals surface area contributed by atoms with Crippen LogP contribution in [0.3, 0.4) is 0 Å². The van der Waals surface area contributed by atoms with Gasteiger partial charge in [0.25, 0.3) is 0 Å². The molecule has 0 spiro atoms. The Bertz CT molecular complexity index is 1620. The lowest BCUT2D eigenvalue weighted by Gasteiger charge is -2.18. The molecule has 0 aliphatic heterocycles. The van der Waals surface area contributed by atoms with Crippen molar-refractivity contribution >= 4 is 47.0 Å². The van der Waals surface area contributed by atoms with Gasteiger partial charge in [-0.1, -0.05) is 55.1 Å². The quantitative estimate of drug-likeness (QED) is 0.135. The lowest BCUT2D eigenvalue weighted by molar-refractivity contribution is -0.192. The van der Waals surface area contributed by atoms with E-state index in [1.807, 2.05) is 0 Å². The summed E-state index contributed by atoms with van der Waals surface area (Å²) in [6, 6.07) is 11.5. The summed E-state index contributed by atoms with van der Waals surface area (Å²) in [5.74, 6) is -2.22. The van der Waals surface area contributed by atoms with Gasteiger partial charge < -0.3 is 25.5 Å². The zero-order chi connectivity index (χ0) is 33.9. The van der Waals surface area contributed by atoms with Gasteiger partial charge in [-0.3, -0.25) is 5.32 Å². The van der Waals surface area contributed by atoms with E-state index in [0.717, 1.165) is 24.0 Å². The highest BCUT2D eigenvalue weighted by Gasteiger charge is 2.38. The van der Waals surface area contributed by atoms with Gasteiger partial charge >= 0.3 is 24.3 Å². The molecule has 246 valence electrons. The van der Waals surface area contributed by atoms with E-state index in [4.69, 9.17) is 33.1 Å². The van der Waals surface area contributed by atoms with E-state index in [2.05, 4.69) is 53.1 Å². The number of carboxylic acid groups (broad SMARTS) is 1. The third-order valence-electron chi connectivity index (χ3n) is 6.07. The van der Waals surface area contributed by atoms with Crippen LogP contribution >= 0.6 is 23.2 Å². The van der Waals surface area contributed by atoms with E-state index in [9.17, 15) is 22.8 Å². The number of carbonyl (C=O) groups excluding carboxylic acids is 2. The minimum atomic E-state index is -5.08. The van der Waals surface area contributed by atoms with Gasteiger partial charge in [0, 0.05) is 22.8 Å². The average molecular weight is 686 g/mol. The SMILES string of the molecule is CCCC[C@H](NC(=O)NCc1cc(Cl)ccc1-n1cnnn1)c1nc(-c2ccc(NC(=O)OC)cc2)c(Cl)[nH]1.O=C(O)C(F)(F)F. The smallest absolute Gasteiger partial charge is 0.475 e. The number of rotatable bonds is 10. The van der Waals surface area contributed by atoms with Crippen LogP contribution < -0.4 is 16.0 Å². The maximum absolute atomic E-state index is 12.9. The van der Waals surface area contributed by atoms with Crippen LogP contribution in [0.15, 0.2) is 48.8 Å². The molecular formula is C27H28Cl2F3N9O5. The molecular weight excluding hydrogens is 658 g/mol. The molecule has 3 amide bonds. The molecule has 1 atom stereocenters. The Labute approximate surface area is 269 Å². The molecule has 4 rings (SSSR count). The fraction of sp³-hybridized carbons (Fsp3) is 0.296. The first-order valence-corrected chi connectivity index (χ1v) is 14.1. The average Bonchev–Trinajstić information content (AvgIpc) is 3.69. The van der Waals surface area contributed by atoms with Crippen molar-refractivity contribution in [1.82, 2.24) is 40.8 Å². The van der Waals surface area contributed by atoms with Gasteiger partial charge in [0.2, 0.25) is 0 Å². The molecule has 2 heterocycles. The Morgan fingerprint density at radius 3 is 2.41 bits per heavy atom. The summed E-state index contributed by atoms with van der Waals surface area (Å²) in [6.07, 6.45) is -1.72. The Morgan fingerprint density at radius 2 is 1.83 bits per heavy atom.